The van der Waals surface area contributed by atoms with Gasteiger partial charge in [-0.25, -0.2) is 9.78 Å². The van der Waals surface area contributed by atoms with Crippen molar-refractivity contribution >= 4 is 5.97 Å². The summed E-state index contributed by atoms with van der Waals surface area (Å²) in [6.07, 6.45) is 2.96. The van der Waals surface area contributed by atoms with E-state index < -0.39 is 5.97 Å². The van der Waals surface area contributed by atoms with Gasteiger partial charge in [-0.3, -0.25) is 0 Å². The number of hydrogen-bond donors (Lipinski definition) is 1. The van der Waals surface area contributed by atoms with Crippen LogP contribution in [0.3, 0.4) is 0 Å². The number of hydrogen-bond acceptors (Lipinski definition) is 3. The Kier molecular flexibility index (Phi) is 3.11. The summed E-state index contributed by atoms with van der Waals surface area (Å²) in [7, 11) is 0. The molecule has 0 aliphatic carbocycles. The Morgan fingerprint density at radius 1 is 1.56 bits per heavy atom. The summed E-state index contributed by atoms with van der Waals surface area (Å²) in [6.45, 7) is 1.92. The van der Waals surface area contributed by atoms with E-state index in [2.05, 4.69) is 11.1 Å². The van der Waals surface area contributed by atoms with Crippen molar-refractivity contribution in [3.8, 4) is 6.07 Å². The molecular weight excluding hydrogens is 230 g/mol. The van der Waals surface area contributed by atoms with Crippen LogP contribution in [0, 0.1) is 11.3 Å². The third-order valence-corrected chi connectivity index (χ3v) is 2.77. The minimum atomic E-state index is -1.05. The molecule has 2 rings (SSSR count). The van der Waals surface area contributed by atoms with Crippen molar-refractivity contribution < 1.29 is 9.90 Å². The van der Waals surface area contributed by atoms with Gasteiger partial charge in [0, 0.05) is 6.20 Å². The molecule has 0 spiro atoms. The summed E-state index contributed by atoms with van der Waals surface area (Å²) < 4.78 is 1.71. The molecule has 0 saturated carbocycles. The van der Waals surface area contributed by atoms with Crippen LogP contribution >= 0.6 is 0 Å². The average molecular weight is 241 g/mol. The van der Waals surface area contributed by atoms with Crippen LogP contribution in [0.2, 0.25) is 0 Å². The highest BCUT2D eigenvalue weighted by Crippen LogP contribution is 2.19. The zero-order valence-corrected chi connectivity index (χ0v) is 9.74. The van der Waals surface area contributed by atoms with E-state index in [1.807, 2.05) is 13.0 Å². The number of nitriles is 1. The van der Waals surface area contributed by atoms with E-state index in [9.17, 15) is 4.79 Å². The molecular formula is C13H11N3O2. The first kappa shape index (κ1) is 11.9. The molecule has 0 radical (unpaired) electrons. The lowest BCUT2D eigenvalue weighted by atomic mass is 10.1. The number of carbonyl (C=O) groups is 1. The summed E-state index contributed by atoms with van der Waals surface area (Å²) in [5.74, 6) is -1.05. The third-order valence-electron chi connectivity index (χ3n) is 2.77. The average Bonchev–Trinajstić information content (AvgIpc) is 2.87. The zero-order valence-electron chi connectivity index (χ0n) is 9.74. The zero-order chi connectivity index (χ0) is 13.1. The lowest BCUT2D eigenvalue weighted by Gasteiger charge is -2.13. The van der Waals surface area contributed by atoms with E-state index in [-0.39, 0.29) is 11.7 Å². The van der Waals surface area contributed by atoms with Gasteiger partial charge in [-0.2, -0.15) is 5.26 Å². The van der Waals surface area contributed by atoms with Crippen LogP contribution in [-0.2, 0) is 0 Å². The Morgan fingerprint density at radius 2 is 2.33 bits per heavy atom. The molecule has 1 atom stereocenters. The topological polar surface area (TPSA) is 78.9 Å². The van der Waals surface area contributed by atoms with Crippen LogP contribution < -0.4 is 0 Å². The van der Waals surface area contributed by atoms with Crippen molar-refractivity contribution in [1.82, 2.24) is 9.55 Å². The molecule has 2 aromatic rings. The first-order valence-corrected chi connectivity index (χ1v) is 5.38. The summed E-state index contributed by atoms with van der Waals surface area (Å²) in [4.78, 5) is 14.6. The Labute approximate surface area is 104 Å². The van der Waals surface area contributed by atoms with Gasteiger partial charge < -0.3 is 9.67 Å². The van der Waals surface area contributed by atoms with Crippen molar-refractivity contribution in [3.63, 3.8) is 0 Å². The van der Waals surface area contributed by atoms with Crippen LogP contribution in [-0.4, -0.2) is 20.6 Å². The Balaban J connectivity index is 2.32. The largest absolute Gasteiger partial charge is 0.476 e. The molecule has 5 nitrogen and oxygen atoms in total. The summed E-state index contributed by atoms with van der Waals surface area (Å²) in [5, 5.41) is 17.7. The Hall–Kier alpha value is -2.61. The standard InChI is InChI=1S/C13H11N3O2/c1-9(11-4-2-3-10(5-11)6-14)16-7-12(13(17)18)15-8-16/h2-5,7-9H,1H3,(H,17,18). The third kappa shape index (κ3) is 2.23. The van der Waals surface area contributed by atoms with Gasteiger partial charge in [0.25, 0.3) is 0 Å². The highest BCUT2D eigenvalue weighted by atomic mass is 16.4. The number of rotatable bonds is 3. The smallest absolute Gasteiger partial charge is 0.356 e. The van der Waals surface area contributed by atoms with Gasteiger partial charge in [-0.05, 0) is 24.6 Å². The molecule has 0 fully saturated rings. The normalized spacial score (nSPS) is 11.8. The van der Waals surface area contributed by atoms with Crippen LogP contribution in [0.5, 0.6) is 0 Å². The predicted octanol–water partition coefficient (Wildman–Crippen LogP) is 2.06. The SMILES string of the molecule is CC(c1cccc(C#N)c1)n1cnc(C(=O)O)c1. The van der Waals surface area contributed by atoms with Crippen molar-refractivity contribution in [2.75, 3.05) is 0 Å². The quantitative estimate of drug-likeness (QED) is 0.892. The number of aromatic carboxylic acids is 1. The number of imidazole rings is 1. The second kappa shape index (κ2) is 4.72. The van der Waals surface area contributed by atoms with E-state index >= 15 is 0 Å². The molecule has 0 aliphatic rings. The van der Waals surface area contributed by atoms with Gasteiger partial charge in [0.2, 0.25) is 0 Å². The van der Waals surface area contributed by atoms with Gasteiger partial charge in [0.1, 0.15) is 0 Å². The number of aromatic nitrogens is 2. The fourth-order valence-corrected chi connectivity index (χ4v) is 1.70. The molecule has 18 heavy (non-hydrogen) atoms. The van der Waals surface area contributed by atoms with Gasteiger partial charge in [-0.1, -0.05) is 12.1 Å². The van der Waals surface area contributed by atoms with Crippen LogP contribution in [0.25, 0.3) is 0 Å². The van der Waals surface area contributed by atoms with Gasteiger partial charge in [-0.15, -0.1) is 0 Å². The molecule has 90 valence electrons. The van der Waals surface area contributed by atoms with Gasteiger partial charge >= 0.3 is 5.97 Å². The van der Waals surface area contributed by atoms with E-state index in [1.165, 1.54) is 12.5 Å². The maximum absolute atomic E-state index is 10.8. The van der Waals surface area contributed by atoms with Gasteiger partial charge in [0.05, 0.1) is 24.0 Å². The van der Waals surface area contributed by atoms with Crippen molar-refractivity contribution in [2.45, 2.75) is 13.0 Å². The van der Waals surface area contributed by atoms with E-state index in [1.54, 1.807) is 22.8 Å². The second-order valence-corrected chi connectivity index (χ2v) is 3.92. The molecule has 0 aliphatic heterocycles. The number of benzene rings is 1. The summed E-state index contributed by atoms with van der Waals surface area (Å²) in [5.41, 5.74) is 1.53. The molecule has 1 heterocycles. The molecule has 1 aromatic carbocycles. The van der Waals surface area contributed by atoms with Crippen molar-refractivity contribution in [2.24, 2.45) is 0 Å². The molecule has 1 unspecified atom stereocenters. The second-order valence-electron chi connectivity index (χ2n) is 3.92. The monoisotopic (exact) mass is 241 g/mol. The van der Waals surface area contributed by atoms with Gasteiger partial charge in [0.15, 0.2) is 5.69 Å². The van der Waals surface area contributed by atoms with E-state index in [4.69, 9.17) is 10.4 Å². The predicted molar refractivity (Wildman–Crippen MR) is 64.2 cm³/mol. The molecule has 1 N–H and O–H groups in total. The fraction of sp³-hybridized carbons (Fsp3) is 0.154. The molecule has 0 saturated heterocycles. The Morgan fingerprint density at radius 3 is 2.94 bits per heavy atom. The number of carboxylic acids is 1. The minimum absolute atomic E-state index is 0.0123. The summed E-state index contributed by atoms with van der Waals surface area (Å²) in [6, 6.07) is 9.22. The highest BCUT2D eigenvalue weighted by molar-refractivity contribution is 5.84. The molecule has 0 amide bonds. The van der Waals surface area contributed by atoms with Crippen molar-refractivity contribution in [3.05, 3.63) is 53.6 Å². The molecule has 0 bridgehead atoms. The van der Waals surface area contributed by atoms with Crippen LogP contribution in [0.15, 0.2) is 36.8 Å². The van der Waals surface area contributed by atoms with E-state index in [0.717, 1.165) is 5.56 Å². The summed E-state index contributed by atoms with van der Waals surface area (Å²) >= 11 is 0. The first-order chi connectivity index (χ1) is 8.61. The van der Waals surface area contributed by atoms with Crippen LogP contribution in [0.4, 0.5) is 0 Å². The highest BCUT2D eigenvalue weighted by Gasteiger charge is 2.12. The fourth-order valence-electron chi connectivity index (χ4n) is 1.70. The first-order valence-electron chi connectivity index (χ1n) is 5.38. The molecule has 1 aromatic heterocycles. The maximum Gasteiger partial charge on any atom is 0.356 e. The number of carboxylic acid groups (broad SMARTS) is 1. The van der Waals surface area contributed by atoms with E-state index in [0.29, 0.717) is 5.56 Å². The minimum Gasteiger partial charge on any atom is -0.476 e. The molecule has 5 heteroatoms. The maximum atomic E-state index is 10.8. The van der Waals surface area contributed by atoms with Crippen LogP contribution in [0.1, 0.15) is 34.6 Å². The van der Waals surface area contributed by atoms with Crippen molar-refractivity contribution in [1.29, 1.82) is 5.26 Å². The lowest BCUT2D eigenvalue weighted by molar-refractivity contribution is 0.0691. The number of nitrogens with zero attached hydrogens (tertiary/aromatic N) is 3. The Bertz CT molecular complexity index is 625. The lowest BCUT2D eigenvalue weighted by Crippen LogP contribution is -2.05.